The normalized spacial score (nSPS) is 14.4. The molecule has 2 aromatic carbocycles. The van der Waals surface area contributed by atoms with E-state index in [1.165, 1.54) is 26.5 Å². The largest absolute Gasteiger partial charge is 0.493 e. The van der Waals surface area contributed by atoms with Crippen molar-refractivity contribution >= 4 is 21.9 Å². The lowest BCUT2D eigenvalue weighted by atomic mass is 9.82. The first-order valence-corrected chi connectivity index (χ1v) is 11.7. The van der Waals surface area contributed by atoms with Gasteiger partial charge in [-0.25, -0.2) is 4.79 Å². The van der Waals surface area contributed by atoms with Crippen molar-refractivity contribution in [1.82, 2.24) is 10.2 Å². The Morgan fingerprint density at radius 1 is 1.16 bits per heavy atom. The average molecular weight is 563 g/mol. The molecule has 11 heteroatoms. The summed E-state index contributed by atoms with van der Waals surface area (Å²) in [6, 6.07) is 16.1. The van der Waals surface area contributed by atoms with Crippen molar-refractivity contribution in [2.24, 2.45) is 5.73 Å². The molecule has 1 atom stereocenters. The fraction of sp³-hybridized carbons (Fsp3) is 0.115. The smallest absolute Gasteiger partial charge is 0.379 e. The van der Waals surface area contributed by atoms with Crippen LogP contribution in [0.4, 0.5) is 0 Å². The zero-order valence-electron chi connectivity index (χ0n) is 19.6. The van der Waals surface area contributed by atoms with E-state index in [1.807, 2.05) is 24.3 Å². The number of nitrogens with two attached hydrogens (primary N) is 1. The van der Waals surface area contributed by atoms with Crippen LogP contribution in [-0.4, -0.2) is 30.4 Å². The summed E-state index contributed by atoms with van der Waals surface area (Å²) in [6.07, 6.45) is 1.37. The second-order valence-electron chi connectivity index (χ2n) is 7.87. The molecule has 0 bridgehead atoms. The van der Waals surface area contributed by atoms with Gasteiger partial charge in [0.05, 0.1) is 37.7 Å². The number of allylic oxidation sites excluding steroid dienone is 1. The van der Waals surface area contributed by atoms with Gasteiger partial charge in [-0.2, -0.15) is 5.26 Å². The molecule has 0 spiro atoms. The number of nitrogens with one attached hydrogen (secondary N) is 1. The minimum absolute atomic E-state index is 0.0160. The summed E-state index contributed by atoms with van der Waals surface area (Å²) in [4.78, 5) is 12.6. The number of carbonyl (C=O) groups excluding carboxylic acids is 1. The van der Waals surface area contributed by atoms with Crippen LogP contribution in [0.2, 0.25) is 0 Å². The Bertz CT molecular complexity index is 1530. The first kappa shape index (κ1) is 24.0. The first-order chi connectivity index (χ1) is 17.9. The highest BCUT2D eigenvalue weighted by molar-refractivity contribution is 9.10. The molecular weight excluding hydrogens is 544 g/mol. The van der Waals surface area contributed by atoms with Gasteiger partial charge in [-0.15, -0.1) is 5.10 Å². The van der Waals surface area contributed by atoms with E-state index in [1.54, 1.807) is 18.2 Å². The quantitative estimate of drug-likeness (QED) is 0.247. The number of fused-ring (bicyclic) bond motifs is 1. The number of aromatic nitrogens is 2. The number of esters is 1. The predicted molar refractivity (Wildman–Crippen MR) is 134 cm³/mol. The Balaban J connectivity index is 1.66. The maximum atomic E-state index is 12.6. The molecule has 0 fully saturated rings. The number of ether oxygens (including phenoxy) is 4. The standard InChI is InChI=1S/C26H19BrN4O6/c1-33-18-10-14(11-19(34-2)23(18)36-26(32)17-4-3-9-35-17)20-16(12-28)24(29)37-25-21(20)22(30-31-25)13-5-7-15(27)8-6-13/h3-11,20H,29H2,1-2H3,(H,30,31)/t20-/m0/s1. The number of rotatable bonds is 6. The molecule has 37 heavy (non-hydrogen) atoms. The number of halogens is 1. The van der Waals surface area contributed by atoms with Crippen LogP contribution in [0.1, 0.15) is 27.6 Å². The number of nitrogens with zero attached hydrogens (tertiary/aromatic N) is 2. The van der Waals surface area contributed by atoms with Crippen LogP contribution in [0, 0.1) is 11.3 Å². The second-order valence-corrected chi connectivity index (χ2v) is 8.79. The van der Waals surface area contributed by atoms with Crippen LogP contribution in [0.5, 0.6) is 23.1 Å². The van der Waals surface area contributed by atoms with Crippen molar-refractivity contribution in [2.45, 2.75) is 5.92 Å². The van der Waals surface area contributed by atoms with Gasteiger partial charge in [-0.1, -0.05) is 28.1 Å². The van der Waals surface area contributed by atoms with Gasteiger partial charge in [0.15, 0.2) is 11.5 Å². The Morgan fingerprint density at radius 3 is 2.46 bits per heavy atom. The molecule has 3 N–H and O–H groups in total. The van der Waals surface area contributed by atoms with Gasteiger partial charge in [0.1, 0.15) is 11.6 Å². The van der Waals surface area contributed by atoms with Crippen LogP contribution in [-0.2, 0) is 0 Å². The number of benzene rings is 2. The molecule has 0 radical (unpaired) electrons. The third-order valence-electron chi connectivity index (χ3n) is 5.81. The summed E-state index contributed by atoms with van der Waals surface area (Å²) in [7, 11) is 2.86. The average Bonchev–Trinajstić information content (AvgIpc) is 3.59. The summed E-state index contributed by atoms with van der Waals surface area (Å²) in [5.74, 6) is -0.773. The Kier molecular flexibility index (Phi) is 6.33. The molecule has 3 heterocycles. The lowest BCUT2D eigenvalue weighted by molar-refractivity contribution is 0.0691. The van der Waals surface area contributed by atoms with Gasteiger partial charge < -0.3 is 29.1 Å². The van der Waals surface area contributed by atoms with Gasteiger partial charge in [0.25, 0.3) is 0 Å². The molecule has 10 nitrogen and oxygen atoms in total. The van der Waals surface area contributed by atoms with Gasteiger partial charge in [-0.05, 0) is 42.0 Å². The number of hydrogen-bond acceptors (Lipinski definition) is 9. The number of H-pyrrole nitrogens is 1. The third-order valence-corrected chi connectivity index (χ3v) is 6.33. The summed E-state index contributed by atoms with van der Waals surface area (Å²) in [5, 5.41) is 17.3. The number of methoxy groups -OCH3 is 2. The van der Waals surface area contributed by atoms with Crippen molar-refractivity contribution in [1.29, 1.82) is 5.26 Å². The van der Waals surface area contributed by atoms with Gasteiger partial charge in [0, 0.05) is 10.0 Å². The molecule has 0 aliphatic carbocycles. The number of furan rings is 1. The number of hydrogen-bond donors (Lipinski definition) is 2. The monoisotopic (exact) mass is 562 g/mol. The van der Waals surface area contributed by atoms with E-state index in [-0.39, 0.29) is 40.3 Å². The van der Waals surface area contributed by atoms with Gasteiger partial charge in [0.2, 0.25) is 23.3 Å². The van der Waals surface area contributed by atoms with Crippen molar-refractivity contribution in [3.05, 3.63) is 87.6 Å². The minimum atomic E-state index is -0.725. The lowest BCUT2D eigenvalue weighted by Crippen LogP contribution is -2.21. The number of nitriles is 1. The van der Waals surface area contributed by atoms with E-state index >= 15 is 0 Å². The van der Waals surface area contributed by atoms with Gasteiger partial charge in [-0.3, -0.25) is 5.10 Å². The molecule has 5 rings (SSSR count). The first-order valence-electron chi connectivity index (χ1n) is 10.9. The van der Waals surface area contributed by atoms with E-state index in [0.717, 1.165) is 10.0 Å². The van der Waals surface area contributed by atoms with E-state index in [4.69, 9.17) is 29.1 Å². The molecule has 0 saturated carbocycles. The summed E-state index contributed by atoms with van der Waals surface area (Å²) in [5.41, 5.74) is 8.97. The van der Waals surface area contributed by atoms with Crippen molar-refractivity contribution in [3.63, 3.8) is 0 Å². The van der Waals surface area contributed by atoms with Crippen molar-refractivity contribution in [2.75, 3.05) is 14.2 Å². The second kappa shape index (κ2) is 9.75. The summed E-state index contributed by atoms with van der Waals surface area (Å²) >= 11 is 3.44. The van der Waals surface area contributed by atoms with Crippen molar-refractivity contribution in [3.8, 4) is 40.5 Å². The highest BCUT2D eigenvalue weighted by Crippen LogP contribution is 2.49. The molecule has 1 aliphatic heterocycles. The fourth-order valence-corrected chi connectivity index (χ4v) is 4.38. The summed E-state index contributed by atoms with van der Waals surface area (Å²) in [6.45, 7) is 0. The van der Waals surface area contributed by atoms with Crippen LogP contribution in [0.25, 0.3) is 11.3 Å². The lowest BCUT2D eigenvalue weighted by Gasteiger charge is -2.25. The Labute approximate surface area is 219 Å². The zero-order chi connectivity index (χ0) is 26.1. The highest BCUT2D eigenvalue weighted by atomic mass is 79.9. The van der Waals surface area contributed by atoms with Crippen LogP contribution >= 0.6 is 15.9 Å². The predicted octanol–water partition coefficient (Wildman–Crippen LogP) is 4.89. The topological polar surface area (TPSA) is 146 Å². The zero-order valence-corrected chi connectivity index (χ0v) is 21.2. The van der Waals surface area contributed by atoms with Crippen molar-refractivity contribution < 1.29 is 28.2 Å². The highest BCUT2D eigenvalue weighted by Gasteiger charge is 2.37. The molecule has 0 unspecified atom stereocenters. The maximum Gasteiger partial charge on any atom is 0.379 e. The Morgan fingerprint density at radius 2 is 1.86 bits per heavy atom. The van der Waals surface area contributed by atoms with Crippen LogP contribution in [0.15, 0.2) is 75.1 Å². The minimum Gasteiger partial charge on any atom is -0.493 e. The SMILES string of the molecule is COc1cc([C@H]2C(C#N)=C(N)Oc3n[nH]c(-c4ccc(Br)cc4)c32)cc(OC)c1OC(=O)c1ccco1. The molecule has 0 amide bonds. The molecule has 0 saturated heterocycles. The van der Waals surface area contributed by atoms with E-state index in [0.29, 0.717) is 16.8 Å². The van der Waals surface area contributed by atoms with Crippen LogP contribution in [0.3, 0.4) is 0 Å². The molecule has 186 valence electrons. The van der Waals surface area contributed by atoms with Crippen LogP contribution < -0.4 is 24.7 Å². The van der Waals surface area contributed by atoms with E-state index in [2.05, 4.69) is 32.2 Å². The molecule has 1 aliphatic rings. The van der Waals surface area contributed by atoms with Gasteiger partial charge >= 0.3 is 5.97 Å². The molecule has 4 aromatic rings. The number of aromatic amines is 1. The van der Waals surface area contributed by atoms with E-state index in [9.17, 15) is 10.1 Å². The van der Waals surface area contributed by atoms with E-state index < -0.39 is 11.9 Å². The number of carbonyl (C=O) groups is 1. The maximum absolute atomic E-state index is 12.6. The fourth-order valence-electron chi connectivity index (χ4n) is 4.12. The molecular formula is C26H19BrN4O6. The Hall–Kier alpha value is -4.69. The summed E-state index contributed by atoms with van der Waals surface area (Å²) < 4.78 is 28.4. The third kappa shape index (κ3) is 4.28. The molecule has 2 aromatic heterocycles.